The number of rotatable bonds is 10. The van der Waals surface area contributed by atoms with Crippen molar-refractivity contribution in [1.29, 1.82) is 0 Å². The van der Waals surface area contributed by atoms with Crippen LogP contribution in [-0.4, -0.2) is 57.0 Å². The average Bonchev–Trinajstić information content (AvgIpc) is 3.20. The van der Waals surface area contributed by atoms with Crippen LogP contribution in [-0.2, 0) is 29.1 Å². The van der Waals surface area contributed by atoms with Crippen molar-refractivity contribution in [3.05, 3.63) is 94.3 Å². The molecule has 0 aliphatic carbocycles. The van der Waals surface area contributed by atoms with Crippen molar-refractivity contribution in [2.24, 2.45) is 10.7 Å². The van der Waals surface area contributed by atoms with Gasteiger partial charge in [-0.15, -0.1) is 0 Å². The molecule has 1 aromatic heterocycles. The highest BCUT2D eigenvalue weighted by atomic mass is 127. The Labute approximate surface area is 270 Å². The normalized spacial score (nSPS) is 15.5. The van der Waals surface area contributed by atoms with Gasteiger partial charge in [-0.1, -0.05) is 59.8 Å². The molecule has 2 aliphatic heterocycles. The smallest absolute Gasteiger partial charge is 0.255 e. The monoisotopic (exact) mass is 705 g/mol. The van der Waals surface area contributed by atoms with E-state index in [1.807, 2.05) is 30.0 Å². The van der Waals surface area contributed by atoms with Crippen molar-refractivity contribution >= 4 is 63.6 Å². The number of nitrogens with two attached hydrogens (primary N) is 1. The molecule has 1 atom stereocenters. The van der Waals surface area contributed by atoms with E-state index in [1.165, 1.54) is 11.1 Å². The predicted molar refractivity (Wildman–Crippen MR) is 181 cm³/mol. The standard InChI is InChI=1S/C33H36IN7O3/c1-2-10-41(11-9-34)33(44)26-13-23-7-8-24(15-28(23)40-30(35)16-26)31(42)39-27-12-21(17-36-20-27)18-38-32(43)29-14-22-5-3-4-6-25(22)19-37-29/h3-8,12-13,15,17,20,29,37H,2,9-11,14,16,18-19H2,1H3,(H2,35,40)(H,38,43)(H,39,42). The van der Waals surface area contributed by atoms with E-state index in [-0.39, 0.29) is 36.7 Å². The van der Waals surface area contributed by atoms with Crippen LogP contribution in [0, 0.1) is 0 Å². The van der Waals surface area contributed by atoms with Gasteiger partial charge in [-0.05, 0) is 53.8 Å². The van der Waals surface area contributed by atoms with Crippen LogP contribution in [0.4, 0.5) is 11.4 Å². The largest absolute Gasteiger partial charge is 0.387 e. The fourth-order valence-electron chi connectivity index (χ4n) is 5.37. The van der Waals surface area contributed by atoms with Crippen molar-refractivity contribution < 1.29 is 14.4 Å². The highest BCUT2D eigenvalue weighted by molar-refractivity contribution is 14.1. The number of hydrogen-bond donors (Lipinski definition) is 4. The molecule has 10 nitrogen and oxygen atoms in total. The van der Waals surface area contributed by atoms with Gasteiger partial charge >= 0.3 is 0 Å². The molecular formula is C33H36IN7O3. The van der Waals surface area contributed by atoms with Crippen LogP contribution in [0.2, 0.25) is 0 Å². The maximum absolute atomic E-state index is 13.2. The number of anilines is 1. The lowest BCUT2D eigenvalue weighted by molar-refractivity contribution is -0.127. The maximum Gasteiger partial charge on any atom is 0.255 e. The Balaban J connectivity index is 1.23. The Hall–Kier alpha value is -4.10. The number of hydrogen-bond acceptors (Lipinski definition) is 7. The minimum atomic E-state index is -0.338. The van der Waals surface area contributed by atoms with Gasteiger partial charge in [-0.2, -0.15) is 0 Å². The first kappa shape index (κ1) is 31.3. The van der Waals surface area contributed by atoms with Crippen LogP contribution in [0.1, 0.15) is 52.4 Å². The number of carbonyl (C=O) groups excluding carboxylic acids is 3. The van der Waals surface area contributed by atoms with Crippen LogP contribution in [0.3, 0.4) is 0 Å². The fraction of sp³-hybridized carbons (Fsp3) is 0.303. The first-order valence-corrected chi connectivity index (χ1v) is 16.2. The number of alkyl halides is 1. The zero-order chi connectivity index (χ0) is 31.1. The third-order valence-electron chi connectivity index (χ3n) is 7.59. The molecule has 5 N–H and O–H groups in total. The fourth-order valence-corrected chi connectivity index (χ4v) is 5.95. The summed E-state index contributed by atoms with van der Waals surface area (Å²) in [5, 5.41) is 9.15. The molecule has 3 aromatic rings. The molecule has 44 heavy (non-hydrogen) atoms. The SMILES string of the molecule is CCCN(CCI)C(=O)C1=Cc2ccc(C(=O)Nc3cncc(CNC(=O)C4Cc5ccccc5CN4)c3)cc2N=C(N)C1. The summed E-state index contributed by atoms with van der Waals surface area (Å²) in [5.74, 6) is -0.144. The second-order valence-electron chi connectivity index (χ2n) is 10.9. The molecule has 3 amide bonds. The Morgan fingerprint density at radius 1 is 1.09 bits per heavy atom. The summed E-state index contributed by atoms with van der Waals surface area (Å²) >= 11 is 2.27. The summed E-state index contributed by atoms with van der Waals surface area (Å²) in [6, 6.07) is 14.8. The first-order valence-electron chi connectivity index (χ1n) is 14.7. The van der Waals surface area contributed by atoms with E-state index < -0.39 is 0 Å². The van der Waals surface area contributed by atoms with Crippen LogP contribution in [0.5, 0.6) is 0 Å². The van der Waals surface area contributed by atoms with Crippen molar-refractivity contribution in [3.8, 4) is 0 Å². The lowest BCUT2D eigenvalue weighted by atomic mass is 9.95. The number of amidine groups is 1. The van der Waals surface area contributed by atoms with Gasteiger partial charge in [0.1, 0.15) is 5.84 Å². The molecule has 1 unspecified atom stereocenters. The summed E-state index contributed by atoms with van der Waals surface area (Å²) in [4.78, 5) is 49.9. The van der Waals surface area contributed by atoms with Crippen LogP contribution < -0.4 is 21.7 Å². The zero-order valence-electron chi connectivity index (χ0n) is 24.6. The third-order valence-corrected chi connectivity index (χ3v) is 8.07. The quantitative estimate of drug-likeness (QED) is 0.185. The first-order chi connectivity index (χ1) is 21.3. The van der Waals surface area contributed by atoms with Gasteiger partial charge in [-0.3, -0.25) is 19.4 Å². The van der Waals surface area contributed by atoms with Gasteiger partial charge in [0.25, 0.3) is 5.91 Å². The van der Waals surface area contributed by atoms with Gasteiger partial charge in [0.15, 0.2) is 0 Å². The molecule has 0 saturated heterocycles. The zero-order valence-corrected chi connectivity index (χ0v) is 26.8. The van der Waals surface area contributed by atoms with E-state index in [0.29, 0.717) is 54.4 Å². The predicted octanol–water partition coefficient (Wildman–Crippen LogP) is 4.11. The number of amides is 3. The molecule has 0 spiro atoms. The number of pyridine rings is 1. The molecule has 228 valence electrons. The van der Waals surface area contributed by atoms with E-state index in [1.54, 1.807) is 36.7 Å². The number of nitrogens with zero attached hydrogens (tertiary/aromatic N) is 3. The van der Waals surface area contributed by atoms with Gasteiger partial charge < -0.3 is 26.6 Å². The molecule has 0 fully saturated rings. The second-order valence-corrected chi connectivity index (χ2v) is 11.9. The van der Waals surface area contributed by atoms with E-state index in [4.69, 9.17) is 5.73 Å². The number of aliphatic imine (C=N–C) groups is 1. The van der Waals surface area contributed by atoms with Crippen molar-refractivity contribution in [2.75, 3.05) is 22.8 Å². The molecule has 0 saturated carbocycles. The summed E-state index contributed by atoms with van der Waals surface area (Å²) in [7, 11) is 0. The topological polar surface area (TPSA) is 142 Å². The van der Waals surface area contributed by atoms with E-state index in [9.17, 15) is 14.4 Å². The number of aromatic nitrogens is 1. The van der Waals surface area contributed by atoms with E-state index in [2.05, 4.69) is 60.7 Å². The highest BCUT2D eigenvalue weighted by Crippen LogP contribution is 2.29. The summed E-state index contributed by atoms with van der Waals surface area (Å²) in [5.41, 5.74) is 12.1. The minimum absolute atomic E-state index is 0.0414. The van der Waals surface area contributed by atoms with E-state index >= 15 is 0 Å². The molecule has 11 heteroatoms. The van der Waals surface area contributed by atoms with E-state index in [0.717, 1.165) is 22.0 Å². The van der Waals surface area contributed by atoms with Crippen molar-refractivity contribution in [2.45, 2.75) is 45.3 Å². The second kappa shape index (κ2) is 14.6. The summed E-state index contributed by atoms with van der Waals surface area (Å²) < 4.78 is 0.843. The number of nitrogens with one attached hydrogen (secondary N) is 3. The van der Waals surface area contributed by atoms with Gasteiger partial charge in [0, 0.05) is 59.9 Å². The van der Waals surface area contributed by atoms with Crippen molar-refractivity contribution in [1.82, 2.24) is 20.5 Å². The number of fused-ring (bicyclic) bond motifs is 2. The average molecular weight is 706 g/mol. The summed E-state index contributed by atoms with van der Waals surface area (Å²) in [6.07, 6.45) is 6.79. The molecule has 2 aromatic carbocycles. The molecule has 5 rings (SSSR count). The number of halogens is 1. The molecule has 0 radical (unpaired) electrons. The highest BCUT2D eigenvalue weighted by Gasteiger charge is 2.24. The number of carbonyl (C=O) groups is 3. The number of benzene rings is 2. The molecule has 3 heterocycles. The lowest BCUT2D eigenvalue weighted by Crippen LogP contribution is -2.47. The van der Waals surface area contributed by atoms with Gasteiger partial charge in [0.05, 0.1) is 23.6 Å². The maximum atomic E-state index is 13.2. The lowest BCUT2D eigenvalue weighted by Gasteiger charge is -2.25. The van der Waals surface area contributed by atoms with Gasteiger partial charge in [-0.25, -0.2) is 4.99 Å². The van der Waals surface area contributed by atoms with Crippen molar-refractivity contribution in [3.63, 3.8) is 0 Å². The Kier molecular flexibility index (Phi) is 10.4. The minimum Gasteiger partial charge on any atom is -0.387 e. The van der Waals surface area contributed by atoms with Crippen LogP contribution >= 0.6 is 22.6 Å². The van der Waals surface area contributed by atoms with Crippen LogP contribution in [0.25, 0.3) is 6.08 Å². The molecule has 2 aliphatic rings. The van der Waals surface area contributed by atoms with Gasteiger partial charge in [0.2, 0.25) is 11.8 Å². The molecule has 0 bridgehead atoms. The third kappa shape index (κ3) is 7.69. The molecular weight excluding hydrogens is 669 g/mol. The Morgan fingerprint density at radius 2 is 1.91 bits per heavy atom. The Bertz CT molecular complexity index is 1610. The summed E-state index contributed by atoms with van der Waals surface area (Å²) in [6.45, 7) is 4.33. The Morgan fingerprint density at radius 3 is 2.70 bits per heavy atom. The van der Waals surface area contributed by atoms with Crippen LogP contribution in [0.15, 0.2) is 71.5 Å².